The standard InChI is InChI=1S/C25H16O.C19H11F3O3S.C19H14O.C19H16O.C18H12O.C15H21BO4.C7H6Br2O.BrH/c26-16-17-9-11-18(12-10-17)19-13-14-24-22-7-2-1-5-20(22)21-6-3-4-8-23(21)25(24)15-19;20-19(21,22)26(23,24)25-12-9-10-17-15-7-2-1-5-13(15)14-6-3-4-8-16(14)18(17)11-12;1-20-13-10-11-18-16-8-3-2-6-14(16)15-7-4-5-9-17(15)19(18)12-13;1-20-17-12-13-18(15-8-4-2-5-9-15)19(14-17)16-10-6-3-7-11-16;19-12-9-10-17-15-7-2-1-5-13(15)14-6-3-4-8-16(14)18(17)11-12;1-14(2)15(3,4)20-16(19-14)12-7-5-11(6-8-12)13-17-9-10-18-13;1-10-5-2-3-6(8)7(9)4-5;/h1-16H;1-11H;2-12H,1H3;2-14H,1H3;1-11,19H;5-8,13H,9-10H2,1-4H3;2-4H,1H3;1H. The molecule has 0 spiro atoms. The number of carbonyl (C=O) groups excluding carboxylic acids is 1. The number of hydrogen-bond donors (Lipinski definition) is 1. The molecular formula is C122H97BBr3F3O12S. The maximum Gasteiger partial charge on any atom is 0.534 e. The van der Waals surface area contributed by atoms with Crippen molar-refractivity contribution in [3.8, 4) is 62.1 Å². The molecule has 2 aliphatic rings. The molecule has 0 unspecified atom stereocenters. The number of aldehydes is 1. The average Bonchev–Trinajstić information content (AvgIpc) is 1.44. The lowest BCUT2D eigenvalue weighted by Crippen LogP contribution is -2.41. The van der Waals surface area contributed by atoms with Gasteiger partial charge in [0.25, 0.3) is 0 Å². The Balaban J connectivity index is 0.000000115. The largest absolute Gasteiger partial charge is 0.534 e. The molecule has 0 amide bonds. The minimum absolute atomic E-state index is 0. The highest BCUT2D eigenvalue weighted by Crippen LogP contribution is 2.45. The third kappa shape index (κ3) is 21.2. The van der Waals surface area contributed by atoms with Crippen molar-refractivity contribution in [3.63, 3.8) is 0 Å². The summed E-state index contributed by atoms with van der Waals surface area (Å²) in [5, 5.41) is 37.4. The first-order chi connectivity index (χ1) is 68.4. The predicted molar refractivity (Wildman–Crippen MR) is 590 cm³/mol. The summed E-state index contributed by atoms with van der Waals surface area (Å²) in [4.78, 5) is 10.9. The van der Waals surface area contributed by atoms with Crippen LogP contribution in [0.1, 0.15) is 49.9 Å². The van der Waals surface area contributed by atoms with E-state index >= 15 is 0 Å². The zero-order valence-electron chi connectivity index (χ0n) is 78.6. The predicted octanol–water partition coefficient (Wildman–Crippen LogP) is 32.9. The fraction of sp³-hybridized carbons (Fsp3) is 0.107. The molecule has 20 heteroatoms. The molecule has 0 atom stereocenters. The molecule has 22 aromatic rings. The lowest BCUT2D eigenvalue weighted by Gasteiger charge is -2.32. The van der Waals surface area contributed by atoms with E-state index < -0.39 is 15.6 Å². The second-order valence-corrected chi connectivity index (χ2v) is 38.2. The summed E-state index contributed by atoms with van der Waals surface area (Å²) in [5.74, 6) is 2.57. The van der Waals surface area contributed by atoms with Gasteiger partial charge in [0.05, 0.1) is 45.7 Å². The SMILES string of the molecule is Br.CC1(C)OB(c2ccc(C3OCCO3)cc2)OC1(C)C.COc1ccc(-c2ccccc2)c(-c2ccccc2)c1.COc1ccc(Br)c(Br)c1.COc1ccc2c3ccccc3c3ccccc3c2c1.O=Cc1ccc(-c2ccc3c4ccccc4c4ccccc4c3c2)cc1.O=S(=O)(Oc1ccc2c3ccccc3c3ccccc3c2c1)C(F)(F)F.Oc1ccc2c3ccccc3c3ccccc3c2c1. The van der Waals surface area contributed by atoms with E-state index in [4.69, 9.17) is 33.0 Å². The molecule has 708 valence electrons. The molecule has 0 aliphatic carbocycles. The summed E-state index contributed by atoms with van der Waals surface area (Å²) in [6, 6.07) is 138. The topological polar surface area (TPSA) is 145 Å². The Kier molecular flexibility index (Phi) is 30.4. The van der Waals surface area contributed by atoms with Gasteiger partial charge < -0.3 is 42.3 Å². The summed E-state index contributed by atoms with van der Waals surface area (Å²) in [7, 11) is -0.973. The Hall–Kier alpha value is -14.3. The van der Waals surface area contributed by atoms with Gasteiger partial charge in [0.2, 0.25) is 0 Å². The number of carbonyl (C=O) groups is 1. The number of halogens is 6. The van der Waals surface area contributed by atoms with Crippen LogP contribution in [0.3, 0.4) is 0 Å². The maximum atomic E-state index is 12.6. The van der Waals surface area contributed by atoms with Crippen LogP contribution in [0, 0.1) is 0 Å². The molecule has 0 bridgehead atoms. The summed E-state index contributed by atoms with van der Waals surface area (Å²) >= 11 is 6.72. The Labute approximate surface area is 849 Å². The summed E-state index contributed by atoms with van der Waals surface area (Å²) in [6.45, 7) is 9.54. The van der Waals surface area contributed by atoms with E-state index in [2.05, 4.69) is 294 Å². The quantitative estimate of drug-likeness (QED) is 0.0432. The second kappa shape index (κ2) is 43.4. The van der Waals surface area contributed by atoms with Crippen molar-refractivity contribution in [2.45, 2.75) is 50.7 Å². The van der Waals surface area contributed by atoms with Crippen molar-refractivity contribution in [2.24, 2.45) is 0 Å². The monoisotopic (exact) mass is 2090 g/mol. The number of hydrogen-bond acceptors (Lipinski definition) is 12. The van der Waals surface area contributed by atoms with Crippen LogP contribution in [-0.4, -0.2) is 78.2 Å². The van der Waals surface area contributed by atoms with E-state index in [0.717, 1.165) is 87.0 Å². The molecular weight excluding hydrogens is 2000 g/mol. The Morgan fingerprint density at radius 3 is 1.03 bits per heavy atom. The van der Waals surface area contributed by atoms with E-state index in [9.17, 15) is 31.5 Å². The summed E-state index contributed by atoms with van der Waals surface area (Å²) < 4.78 is 105. The molecule has 2 saturated heterocycles. The third-order valence-electron chi connectivity index (χ3n) is 25.9. The fourth-order valence-corrected chi connectivity index (χ4v) is 19.2. The number of aromatic hydroxyl groups is 1. The number of fused-ring (bicyclic) bond motifs is 24. The van der Waals surface area contributed by atoms with Crippen molar-refractivity contribution >= 4 is 207 Å². The van der Waals surface area contributed by atoms with Gasteiger partial charge in [-0.1, -0.05) is 334 Å². The van der Waals surface area contributed by atoms with Crippen LogP contribution in [0.5, 0.6) is 28.7 Å². The smallest absolute Gasteiger partial charge is 0.508 e. The number of alkyl halides is 3. The molecule has 24 rings (SSSR count). The van der Waals surface area contributed by atoms with Crippen molar-refractivity contribution in [1.82, 2.24) is 0 Å². The van der Waals surface area contributed by atoms with Crippen molar-refractivity contribution in [2.75, 3.05) is 34.5 Å². The number of benzene rings is 22. The minimum Gasteiger partial charge on any atom is -0.508 e. The first-order valence-electron chi connectivity index (χ1n) is 46.0. The number of phenols is 1. The van der Waals surface area contributed by atoms with Gasteiger partial charge in [-0.15, -0.1) is 17.0 Å². The second-order valence-electron chi connectivity index (χ2n) is 34.9. The van der Waals surface area contributed by atoms with E-state index in [1.807, 2.05) is 158 Å². The highest BCUT2D eigenvalue weighted by atomic mass is 79.9. The Morgan fingerprint density at radius 2 is 0.641 bits per heavy atom. The van der Waals surface area contributed by atoms with Crippen LogP contribution in [-0.2, 0) is 28.9 Å². The zero-order chi connectivity index (χ0) is 98.1. The maximum absolute atomic E-state index is 12.6. The fourth-order valence-electron chi connectivity index (χ4n) is 18.2. The van der Waals surface area contributed by atoms with Crippen molar-refractivity contribution < 1.29 is 68.7 Å². The number of phenolic OH excluding ortho intramolecular Hbond substituents is 1. The van der Waals surface area contributed by atoms with Gasteiger partial charge in [0, 0.05) is 20.1 Å². The lowest BCUT2D eigenvalue weighted by atomic mass is 9.79. The van der Waals surface area contributed by atoms with Crippen LogP contribution in [0.25, 0.3) is 163 Å². The number of rotatable bonds is 11. The Morgan fingerprint density at radius 1 is 0.331 bits per heavy atom. The Bertz CT molecular complexity index is 8350. The summed E-state index contributed by atoms with van der Waals surface area (Å²) in [5.41, 5.74) is 3.76. The van der Waals surface area contributed by atoms with Crippen molar-refractivity contribution in [1.29, 1.82) is 0 Å². The molecule has 0 radical (unpaired) electrons. The molecule has 2 aliphatic heterocycles. The average molecular weight is 2090 g/mol. The normalized spacial score (nSPS) is 13.2. The van der Waals surface area contributed by atoms with Crippen LogP contribution >= 0.6 is 48.8 Å². The van der Waals surface area contributed by atoms with Gasteiger partial charge in [-0.2, -0.15) is 21.6 Å². The zero-order valence-corrected chi connectivity index (χ0v) is 84.3. The van der Waals surface area contributed by atoms with Crippen LogP contribution in [0.2, 0.25) is 0 Å². The van der Waals surface area contributed by atoms with Gasteiger partial charge in [0.15, 0.2) is 6.29 Å². The van der Waals surface area contributed by atoms with E-state index in [1.165, 1.54) is 126 Å². The highest BCUT2D eigenvalue weighted by molar-refractivity contribution is 9.13. The van der Waals surface area contributed by atoms with Gasteiger partial charge in [0.1, 0.15) is 35.0 Å². The first-order valence-corrected chi connectivity index (χ1v) is 48.9. The highest BCUT2D eigenvalue weighted by Gasteiger charge is 2.52. The van der Waals surface area contributed by atoms with E-state index in [-0.39, 0.29) is 47.3 Å². The van der Waals surface area contributed by atoms with Crippen LogP contribution in [0.4, 0.5) is 13.2 Å². The molecule has 22 aromatic carbocycles. The lowest BCUT2D eigenvalue weighted by molar-refractivity contribution is -0.0500. The van der Waals surface area contributed by atoms with Gasteiger partial charge in [-0.05, 0) is 307 Å². The number of methoxy groups -OCH3 is 3. The molecule has 12 nitrogen and oxygen atoms in total. The molecule has 2 fully saturated rings. The third-order valence-corrected chi connectivity index (χ3v) is 28.7. The van der Waals surface area contributed by atoms with E-state index in [1.54, 1.807) is 33.5 Å². The van der Waals surface area contributed by atoms with Gasteiger partial charge in [-0.25, -0.2) is 0 Å². The number of ether oxygens (including phenoxy) is 5. The summed E-state index contributed by atoms with van der Waals surface area (Å²) in [6.07, 6.45) is 0.645. The van der Waals surface area contributed by atoms with E-state index in [0.29, 0.717) is 29.9 Å². The molecule has 1 N–H and O–H groups in total. The molecule has 0 saturated carbocycles. The molecule has 142 heavy (non-hydrogen) atoms. The van der Waals surface area contributed by atoms with Gasteiger partial charge in [-0.3, -0.25) is 4.79 Å². The molecule has 0 aromatic heterocycles. The minimum atomic E-state index is -5.72. The first kappa shape index (κ1) is 99.3. The van der Waals surface area contributed by atoms with Gasteiger partial charge >= 0.3 is 22.7 Å². The van der Waals surface area contributed by atoms with Crippen LogP contribution in [0.15, 0.2) is 421 Å². The van der Waals surface area contributed by atoms with Crippen LogP contribution < -0.4 is 23.9 Å². The van der Waals surface area contributed by atoms with Crippen molar-refractivity contribution in [3.05, 3.63) is 433 Å². The molecule has 2 heterocycles.